The first-order valence-electron chi connectivity index (χ1n) is 42.0. The van der Waals surface area contributed by atoms with E-state index < -0.39 is 114 Å². The van der Waals surface area contributed by atoms with E-state index in [4.69, 9.17) is 62.8 Å². The van der Waals surface area contributed by atoms with Gasteiger partial charge in [-0.1, -0.05) is 116 Å². The van der Waals surface area contributed by atoms with Crippen LogP contribution in [0, 0.1) is 29.2 Å². The second-order valence-corrected chi connectivity index (χ2v) is 55.8. The van der Waals surface area contributed by atoms with E-state index in [0.717, 1.165) is 46.6 Å². The van der Waals surface area contributed by atoms with Gasteiger partial charge in [-0.25, -0.2) is 59.5 Å². The van der Waals surface area contributed by atoms with Gasteiger partial charge in [0.2, 0.25) is 5.91 Å². The molecule has 6 aromatic carbocycles. The lowest BCUT2D eigenvalue weighted by molar-refractivity contribution is -0.130. The van der Waals surface area contributed by atoms with Crippen molar-refractivity contribution in [3.8, 4) is 0 Å². The van der Waals surface area contributed by atoms with Crippen LogP contribution in [-0.2, 0) is 70.1 Å². The molecule has 0 aliphatic carbocycles. The van der Waals surface area contributed by atoms with Gasteiger partial charge in [0.25, 0.3) is 29.5 Å². The van der Waals surface area contributed by atoms with Crippen molar-refractivity contribution in [2.45, 2.75) is 44.8 Å². The molecular weight excluding hydrogens is 2250 g/mol. The SMILES string of the molecule is Cc1cc(C(=O)N2CCS(=O)(=O)C(c3cccs3)C2)ccc1Cl.N=S1(=O)CCN(C(=O)Cc2ccc(F)c(Cl)c2)CC1c1cccs1.O=C(c1ccc(Br)c(F)c1)N1CCS(=O)(=O)C(c2cccs2)C1.O=C(c1ccc(Br)cc1)N1CCS(=O)(=O)C(c2cccs2)C1.O=C(c1ccc(Cl)c(Cl)c1)N1CCS(=O)(=O)C(c2cccs2)C1.O=C(c1ccc(Cl)c(F)c1)N1CCS(=O)(=O)C(c2cccs2)C1. The predicted molar refractivity (Wildman–Crippen MR) is 551 cm³/mol. The maximum atomic E-state index is 13.6. The molecule has 46 heteroatoms. The van der Waals surface area contributed by atoms with Crippen LogP contribution in [0.25, 0.3) is 0 Å². The van der Waals surface area contributed by atoms with Crippen molar-refractivity contribution in [1.29, 1.82) is 4.78 Å². The topological polar surface area (TPSA) is 333 Å². The zero-order valence-electron chi connectivity index (χ0n) is 72.6. The highest BCUT2D eigenvalue weighted by atomic mass is 79.9. The van der Waals surface area contributed by atoms with E-state index in [-0.39, 0.29) is 168 Å². The lowest BCUT2D eigenvalue weighted by Crippen LogP contribution is -2.45. The number of nitrogens with zero attached hydrogens (tertiary/aromatic N) is 6. The molecule has 12 heterocycles. The summed E-state index contributed by atoms with van der Waals surface area (Å²) in [6.45, 7) is 4.05. The maximum absolute atomic E-state index is 13.6. The molecular formula is C92H85Br2Cl5F3N7O17S12. The molecule has 6 amide bonds. The van der Waals surface area contributed by atoms with Crippen LogP contribution in [-0.4, -0.2) is 224 Å². The Morgan fingerprint density at radius 3 is 0.964 bits per heavy atom. The minimum absolute atomic E-state index is 0.00607. The van der Waals surface area contributed by atoms with Crippen molar-refractivity contribution in [3.05, 3.63) is 340 Å². The van der Waals surface area contributed by atoms with E-state index in [9.17, 15) is 88.2 Å². The molecule has 6 aromatic heterocycles. The van der Waals surface area contributed by atoms with Gasteiger partial charge in [-0.05, 0) is 212 Å². The van der Waals surface area contributed by atoms with Crippen LogP contribution < -0.4 is 0 Å². The Balaban J connectivity index is 0.000000140. The third kappa shape index (κ3) is 27.0. The average molecular weight is 2340 g/mol. The second kappa shape index (κ2) is 46.7. The van der Waals surface area contributed by atoms with Gasteiger partial charge < -0.3 is 29.4 Å². The zero-order chi connectivity index (χ0) is 99.5. The van der Waals surface area contributed by atoms with E-state index in [0.29, 0.717) is 48.7 Å². The fraction of sp³-hybridized carbons (Fsp3) is 0.283. The Morgan fingerprint density at radius 1 is 0.326 bits per heavy atom. The molecule has 0 radical (unpaired) electrons. The Hall–Kier alpha value is -7.76. The maximum Gasteiger partial charge on any atom is 0.254 e. The van der Waals surface area contributed by atoms with Gasteiger partial charge >= 0.3 is 0 Å². The molecule has 24 nitrogen and oxygen atoms in total. The third-order valence-electron chi connectivity index (χ3n) is 23.1. The number of carbonyl (C=O) groups excluding carboxylic acids is 6. The molecule has 6 saturated heterocycles. The van der Waals surface area contributed by atoms with Crippen LogP contribution in [0.2, 0.25) is 25.1 Å². The number of benzene rings is 6. The van der Waals surface area contributed by atoms with Crippen molar-refractivity contribution in [1.82, 2.24) is 29.4 Å². The highest BCUT2D eigenvalue weighted by Gasteiger charge is 2.43. The summed E-state index contributed by atoms with van der Waals surface area (Å²) in [6.07, 6.45) is 0.107. The first kappa shape index (κ1) is 108. The van der Waals surface area contributed by atoms with Gasteiger partial charge in [0.05, 0.1) is 74.7 Å². The number of carbonyl (C=O) groups is 6. The first-order chi connectivity index (χ1) is 65.4. The molecule has 7 atom stereocenters. The van der Waals surface area contributed by atoms with E-state index in [1.54, 1.807) is 97.8 Å². The quantitative estimate of drug-likeness (QED) is 0.112. The van der Waals surface area contributed by atoms with Crippen molar-refractivity contribution in [3.63, 3.8) is 0 Å². The van der Waals surface area contributed by atoms with Crippen LogP contribution in [0.5, 0.6) is 0 Å². The fourth-order valence-electron chi connectivity index (χ4n) is 15.4. The molecule has 0 saturated carbocycles. The number of hydrogen-bond donors (Lipinski definition) is 1. The monoisotopic (exact) mass is 2330 g/mol. The van der Waals surface area contributed by atoms with Crippen molar-refractivity contribution < 1.29 is 88.2 Å². The first-order valence-corrected chi connectivity index (χ1v) is 61.1. The number of hydrogen-bond acceptors (Lipinski definition) is 24. The average Bonchev–Trinajstić information content (AvgIpc) is 1.13. The summed E-state index contributed by atoms with van der Waals surface area (Å²) >= 11 is 44.0. The lowest BCUT2D eigenvalue weighted by Gasteiger charge is -2.34. The lowest BCUT2D eigenvalue weighted by atomic mass is 10.1. The number of amides is 6. The van der Waals surface area contributed by atoms with Crippen molar-refractivity contribution in [2.24, 2.45) is 0 Å². The zero-order valence-corrected chi connectivity index (χ0v) is 89.3. The molecule has 7 unspecified atom stereocenters. The normalized spacial score (nSPS) is 21.1. The Kier molecular flexibility index (Phi) is 36.4. The van der Waals surface area contributed by atoms with E-state index in [1.165, 1.54) is 126 Å². The molecule has 1 N–H and O–H groups in total. The van der Waals surface area contributed by atoms with Gasteiger partial charge in [-0.3, -0.25) is 33.5 Å². The van der Waals surface area contributed by atoms with Crippen molar-refractivity contribution in [2.75, 3.05) is 113 Å². The number of sulfone groups is 5. The second-order valence-electron chi connectivity index (χ2n) is 32.2. The summed E-state index contributed by atoms with van der Waals surface area (Å²) in [5.74, 6) is -3.13. The van der Waals surface area contributed by atoms with E-state index in [2.05, 4.69) is 31.9 Å². The van der Waals surface area contributed by atoms with Crippen LogP contribution >= 0.6 is 158 Å². The number of halogens is 10. The van der Waals surface area contributed by atoms with Gasteiger partial charge in [-0.15, -0.1) is 68.0 Å². The third-order valence-corrected chi connectivity index (χ3v) is 45.1. The Labute approximate surface area is 863 Å². The van der Waals surface area contributed by atoms with E-state index >= 15 is 0 Å². The molecule has 6 aliphatic heterocycles. The molecule has 12 aromatic rings. The number of thiophene rings is 6. The summed E-state index contributed by atoms with van der Waals surface area (Å²) in [6, 6.07) is 50.8. The van der Waals surface area contributed by atoms with Gasteiger partial charge in [-0.2, -0.15) is 0 Å². The van der Waals surface area contributed by atoms with Crippen LogP contribution in [0.15, 0.2) is 229 Å². The minimum Gasteiger partial charge on any atom is -0.340 e. The summed E-state index contributed by atoms with van der Waals surface area (Å²) < 4.78 is 185. The van der Waals surface area contributed by atoms with Crippen molar-refractivity contribution >= 4 is 252 Å². The highest BCUT2D eigenvalue weighted by Crippen LogP contribution is 2.40. The van der Waals surface area contributed by atoms with Gasteiger partial charge in [0, 0.05) is 151 Å². The van der Waals surface area contributed by atoms with E-state index in [1.807, 2.05) is 88.4 Å². The molecule has 6 fully saturated rings. The standard InChI is InChI=1S/C16H16ClFN2O2S2.C16H16ClNO3S2.C15H13BrFNO3S2.C15H14BrNO3S2.C15H13Cl2NO3S2.C15H13ClFNO3S2/c17-12-8-11(3-4-13(12)18)9-16(21)20-5-7-24(19,22)15(10-20)14-2-1-6-23-14;1-11-9-12(4-5-13(11)17)16(19)18-6-8-23(20,21)15(10-18)14-3-2-7-22-14;16-11-4-3-10(8-12(11)17)15(19)18-5-7-23(20,21)14(9-18)13-2-1-6-22-13;16-12-5-3-11(4-6-12)15(18)17-7-9-22(19,20)14(10-17)13-2-1-8-21-13;2*16-11-4-3-10(8-12(11)17)15(19)18-5-7-23(20,21)14(9-18)13-2-1-6-22-13/h1-4,6,8,15,19H,5,7,9-10H2;2-5,7,9,15H,6,8,10H2,1H3;1-4,6,8,14H,5,7,9H2;1-6,8,14H,7,9-10H2;2*1-4,6,8,14H,5,7,9H2. The van der Waals surface area contributed by atoms with Crippen LogP contribution in [0.3, 0.4) is 0 Å². The number of nitrogens with one attached hydrogen (secondary N) is 1. The molecule has 18 rings (SSSR count). The smallest absolute Gasteiger partial charge is 0.254 e. The molecule has 732 valence electrons. The van der Waals surface area contributed by atoms with Crippen LogP contribution in [0.4, 0.5) is 13.2 Å². The number of aryl methyl sites for hydroxylation is 1. The summed E-state index contributed by atoms with van der Waals surface area (Å²) in [5.41, 5.74) is 3.37. The molecule has 6 aliphatic rings. The molecule has 138 heavy (non-hydrogen) atoms. The van der Waals surface area contributed by atoms with Gasteiger partial charge in [0.1, 0.15) is 43.7 Å². The summed E-state index contributed by atoms with van der Waals surface area (Å²) in [7, 11) is -19.0. The largest absolute Gasteiger partial charge is 0.340 e. The summed E-state index contributed by atoms with van der Waals surface area (Å²) in [4.78, 5) is 89.5. The molecule has 0 spiro atoms. The molecule has 0 bridgehead atoms. The summed E-state index contributed by atoms with van der Waals surface area (Å²) in [5, 5.41) is 8.49. The predicted octanol–water partition coefficient (Wildman–Crippen LogP) is 20.2. The van der Waals surface area contributed by atoms with Gasteiger partial charge in [0.15, 0.2) is 49.2 Å². The fourth-order valence-corrected chi connectivity index (χ4v) is 34.2. The Morgan fingerprint density at radius 2 is 0.630 bits per heavy atom. The van der Waals surface area contributed by atoms with Crippen LogP contribution in [0.1, 0.15) is 124 Å². The Bertz CT molecular complexity index is 6590. The number of rotatable bonds is 13. The minimum atomic E-state index is -3.29. The highest BCUT2D eigenvalue weighted by molar-refractivity contribution is 9.10.